The highest BCUT2D eigenvalue weighted by atomic mass is 32.2. The number of rotatable bonds is 5. The van der Waals surface area contributed by atoms with Gasteiger partial charge in [-0.15, -0.1) is 0 Å². The normalized spacial score (nSPS) is 14.5. The number of hydrogen-bond donors (Lipinski definition) is 2. The van der Waals surface area contributed by atoms with Crippen LogP contribution in [0.3, 0.4) is 0 Å². The molecule has 1 aliphatic carbocycles. The molecule has 0 aromatic heterocycles. The van der Waals surface area contributed by atoms with Gasteiger partial charge >= 0.3 is 0 Å². The SMILES string of the molecule is O=C(Nc1ccccc1)c1ccc(F)c(S(=O)(=O)NC2CC2)c1. The second kappa shape index (κ2) is 6.10. The Balaban J connectivity index is 1.86. The fraction of sp³-hybridized carbons (Fsp3) is 0.188. The molecule has 7 heteroatoms. The van der Waals surface area contributed by atoms with Crippen molar-refractivity contribution < 1.29 is 17.6 Å². The van der Waals surface area contributed by atoms with Crippen LogP contribution < -0.4 is 10.0 Å². The van der Waals surface area contributed by atoms with Gasteiger partial charge < -0.3 is 5.32 Å². The zero-order valence-corrected chi connectivity index (χ0v) is 12.9. The van der Waals surface area contributed by atoms with E-state index >= 15 is 0 Å². The molecule has 2 aromatic rings. The van der Waals surface area contributed by atoms with Crippen LogP contribution in [0.15, 0.2) is 53.4 Å². The third-order valence-electron chi connectivity index (χ3n) is 3.41. The highest BCUT2D eigenvalue weighted by Gasteiger charge is 2.30. The Morgan fingerprint density at radius 1 is 1.09 bits per heavy atom. The van der Waals surface area contributed by atoms with E-state index in [0.717, 1.165) is 25.0 Å². The lowest BCUT2D eigenvalue weighted by Crippen LogP contribution is -2.27. The summed E-state index contributed by atoms with van der Waals surface area (Å²) in [4.78, 5) is 11.7. The predicted octanol–water partition coefficient (Wildman–Crippen LogP) is 2.52. The summed E-state index contributed by atoms with van der Waals surface area (Å²) in [6.07, 6.45) is 1.49. The number of nitrogens with one attached hydrogen (secondary N) is 2. The molecule has 1 fully saturated rings. The van der Waals surface area contributed by atoms with Gasteiger partial charge in [-0.25, -0.2) is 17.5 Å². The molecular weight excluding hydrogens is 319 g/mol. The molecular formula is C16H15FN2O3S. The Labute approximate surface area is 133 Å². The molecule has 0 spiro atoms. The summed E-state index contributed by atoms with van der Waals surface area (Å²) in [5, 5.41) is 2.63. The molecule has 3 rings (SSSR count). The number of hydrogen-bond acceptors (Lipinski definition) is 3. The Kier molecular flexibility index (Phi) is 4.14. The number of para-hydroxylation sites is 1. The van der Waals surface area contributed by atoms with Crippen molar-refractivity contribution in [3.05, 3.63) is 59.9 Å². The molecule has 0 bridgehead atoms. The Morgan fingerprint density at radius 2 is 1.78 bits per heavy atom. The maximum absolute atomic E-state index is 13.9. The molecule has 0 unspecified atom stereocenters. The summed E-state index contributed by atoms with van der Waals surface area (Å²) in [5.74, 6) is -1.38. The number of sulfonamides is 1. The summed E-state index contributed by atoms with van der Waals surface area (Å²) in [7, 11) is -3.96. The third kappa shape index (κ3) is 3.75. The van der Waals surface area contributed by atoms with Gasteiger partial charge in [0.25, 0.3) is 5.91 Å². The van der Waals surface area contributed by atoms with Crippen LogP contribution in [0.4, 0.5) is 10.1 Å². The lowest BCUT2D eigenvalue weighted by Gasteiger charge is -2.09. The topological polar surface area (TPSA) is 75.3 Å². The molecule has 1 amide bonds. The highest BCUT2D eigenvalue weighted by Crippen LogP contribution is 2.24. The molecule has 1 saturated carbocycles. The van der Waals surface area contributed by atoms with Crippen molar-refractivity contribution in [2.45, 2.75) is 23.8 Å². The summed E-state index contributed by atoms with van der Waals surface area (Å²) in [6, 6.07) is 11.9. The molecule has 23 heavy (non-hydrogen) atoms. The average molecular weight is 334 g/mol. The van der Waals surface area contributed by atoms with E-state index in [-0.39, 0.29) is 11.6 Å². The minimum Gasteiger partial charge on any atom is -0.322 e. The van der Waals surface area contributed by atoms with Gasteiger partial charge in [-0.05, 0) is 43.2 Å². The zero-order valence-electron chi connectivity index (χ0n) is 12.1. The van der Waals surface area contributed by atoms with Gasteiger partial charge in [0, 0.05) is 17.3 Å². The number of benzene rings is 2. The van der Waals surface area contributed by atoms with Crippen LogP contribution in [0.2, 0.25) is 0 Å². The lowest BCUT2D eigenvalue weighted by molar-refractivity contribution is 0.102. The summed E-state index contributed by atoms with van der Waals surface area (Å²) in [5.41, 5.74) is 0.647. The van der Waals surface area contributed by atoms with E-state index in [1.54, 1.807) is 24.3 Å². The standard InChI is InChI=1S/C16H15FN2O3S/c17-14-9-6-11(16(20)18-12-4-2-1-3-5-12)10-15(14)23(21,22)19-13-7-8-13/h1-6,9-10,13,19H,7-8H2,(H,18,20). The van der Waals surface area contributed by atoms with Crippen molar-refractivity contribution in [2.75, 3.05) is 5.32 Å². The molecule has 1 aliphatic rings. The quantitative estimate of drug-likeness (QED) is 0.882. The summed E-state index contributed by atoms with van der Waals surface area (Å²) < 4.78 is 40.6. The van der Waals surface area contributed by atoms with Crippen LogP contribution >= 0.6 is 0 Å². The maximum atomic E-state index is 13.9. The molecule has 0 aliphatic heterocycles. The van der Waals surface area contributed by atoms with Gasteiger partial charge in [-0.1, -0.05) is 18.2 Å². The van der Waals surface area contributed by atoms with Crippen molar-refractivity contribution in [1.29, 1.82) is 0 Å². The van der Waals surface area contributed by atoms with Crippen LogP contribution in [0.1, 0.15) is 23.2 Å². The van der Waals surface area contributed by atoms with Gasteiger partial charge in [0.15, 0.2) is 0 Å². The monoisotopic (exact) mass is 334 g/mol. The van der Waals surface area contributed by atoms with E-state index in [1.807, 2.05) is 6.07 Å². The Morgan fingerprint density at radius 3 is 2.43 bits per heavy atom. The van der Waals surface area contributed by atoms with Crippen molar-refractivity contribution in [3.63, 3.8) is 0 Å². The highest BCUT2D eigenvalue weighted by molar-refractivity contribution is 7.89. The molecule has 0 heterocycles. The molecule has 0 atom stereocenters. The number of anilines is 1. The smallest absolute Gasteiger partial charge is 0.255 e. The second-order valence-corrected chi connectivity index (χ2v) is 7.04. The molecule has 0 saturated heterocycles. The number of amides is 1. The average Bonchev–Trinajstić information content (AvgIpc) is 3.31. The minimum atomic E-state index is -3.96. The molecule has 5 nitrogen and oxygen atoms in total. The first-order chi connectivity index (χ1) is 11.0. The van der Waals surface area contributed by atoms with E-state index in [9.17, 15) is 17.6 Å². The summed E-state index contributed by atoms with van der Waals surface area (Å²) >= 11 is 0. The molecule has 2 N–H and O–H groups in total. The Hall–Kier alpha value is -2.25. The molecule has 0 radical (unpaired) electrons. The third-order valence-corrected chi connectivity index (χ3v) is 4.95. The van der Waals surface area contributed by atoms with Gasteiger partial charge in [0.05, 0.1) is 0 Å². The van der Waals surface area contributed by atoms with Crippen LogP contribution in [0.25, 0.3) is 0 Å². The number of carbonyl (C=O) groups excluding carboxylic acids is 1. The van der Waals surface area contributed by atoms with Crippen molar-refractivity contribution in [2.24, 2.45) is 0 Å². The first-order valence-electron chi connectivity index (χ1n) is 7.14. The van der Waals surface area contributed by atoms with Crippen molar-refractivity contribution >= 4 is 21.6 Å². The van der Waals surface area contributed by atoms with E-state index in [1.165, 1.54) is 6.07 Å². The summed E-state index contributed by atoms with van der Waals surface area (Å²) in [6.45, 7) is 0. The van der Waals surface area contributed by atoms with Crippen LogP contribution in [-0.4, -0.2) is 20.4 Å². The largest absolute Gasteiger partial charge is 0.322 e. The minimum absolute atomic E-state index is 0.0754. The van der Waals surface area contributed by atoms with E-state index in [2.05, 4.69) is 10.0 Å². The van der Waals surface area contributed by atoms with Gasteiger partial charge in [-0.2, -0.15) is 0 Å². The van der Waals surface area contributed by atoms with Crippen LogP contribution in [0.5, 0.6) is 0 Å². The molecule has 2 aromatic carbocycles. The molecule has 120 valence electrons. The van der Waals surface area contributed by atoms with Crippen LogP contribution in [-0.2, 0) is 10.0 Å². The van der Waals surface area contributed by atoms with E-state index < -0.39 is 26.6 Å². The lowest BCUT2D eigenvalue weighted by atomic mass is 10.2. The number of carbonyl (C=O) groups is 1. The van der Waals surface area contributed by atoms with E-state index in [0.29, 0.717) is 5.69 Å². The van der Waals surface area contributed by atoms with E-state index in [4.69, 9.17) is 0 Å². The second-order valence-electron chi connectivity index (χ2n) is 5.36. The predicted molar refractivity (Wildman–Crippen MR) is 84.1 cm³/mol. The number of halogens is 1. The zero-order chi connectivity index (χ0) is 16.4. The van der Waals surface area contributed by atoms with Gasteiger partial charge in [-0.3, -0.25) is 4.79 Å². The van der Waals surface area contributed by atoms with Gasteiger partial charge in [0.2, 0.25) is 10.0 Å². The van der Waals surface area contributed by atoms with Crippen molar-refractivity contribution in [1.82, 2.24) is 4.72 Å². The van der Waals surface area contributed by atoms with Crippen molar-refractivity contribution in [3.8, 4) is 0 Å². The van der Waals surface area contributed by atoms with Gasteiger partial charge in [0.1, 0.15) is 10.7 Å². The Bertz CT molecular complexity index is 834. The fourth-order valence-corrected chi connectivity index (χ4v) is 3.47. The fourth-order valence-electron chi connectivity index (χ4n) is 2.06. The van der Waals surface area contributed by atoms with Crippen LogP contribution in [0, 0.1) is 5.82 Å². The first kappa shape index (κ1) is 15.6. The first-order valence-corrected chi connectivity index (χ1v) is 8.62. The maximum Gasteiger partial charge on any atom is 0.255 e.